The second-order valence-corrected chi connectivity index (χ2v) is 9.49. The molecule has 7 nitrogen and oxygen atoms in total. The van der Waals surface area contributed by atoms with Crippen molar-refractivity contribution in [2.45, 2.75) is 32.1 Å². The molecule has 6 rings (SSSR count). The van der Waals surface area contributed by atoms with Crippen molar-refractivity contribution < 1.29 is 9.18 Å². The van der Waals surface area contributed by atoms with Gasteiger partial charge in [0.15, 0.2) is 5.65 Å². The van der Waals surface area contributed by atoms with E-state index in [2.05, 4.69) is 39.6 Å². The van der Waals surface area contributed by atoms with Crippen LogP contribution >= 0.6 is 0 Å². The molecule has 1 amide bonds. The van der Waals surface area contributed by atoms with E-state index in [4.69, 9.17) is 0 Å². The highest BCUT2D eigenvalue weighted by Crippen LogP contribution is 2.24. The number of fused-ring (bicyclic) bond motifs is 3. The number of rotatable bonds is 6. The van der Waals surface area contributed by atoms with Crippen molar-refractivity contribution >= 4 is 17.1 Å². The number of hydrogen-bond acceptors (Lipinski definition) is 4. The Morgan fingerprint density at radius 3 is 2.53 bits per heavy atom. The molecule has 182 valence electrons. The van der Waals surface area contributed by atoms with Crippen molar-refractivity contribution in [3.05, 3.63) is 90.3 Å². The second kappa shape index (κ2) is 9.53. The summed E-state index contributed by atoms with van der Waals surface area (Å²) in [5, 5.41) is 13.3. The fourth-order valence-corrected chi connectivity index (χ4v) is 5.10. The van der Waals surface area contributed by atoms with Gasteiger partial charge in [0.1, 0.15) is 17.2 Å². The topological polar surface area (TPSA) is 67.8 Å². The first kappa shape index (κ1) is 22.4. The Bertz CT molecular complexity index is 1500. The van der Waals surface area contributed by atoms with Crippen molar-refractivity contribution in [2.24, 2.45) is 5.92 Å². The van der Waals surface area contributed by atoms with E-state index in [0.29, 0.717) is 24.4 Å². The number of carbonyl (C=O) groups excluding carboxylic acids is 1. The average Bonchev–Trinajstić information content (AvgIpc) is 3.53. The van der Waals surface area contributed by atoms with E-state index in [1.807, 2.05) is 33.8 Å². The van der Waals surface area contributed by atoms with Crippen LogP contribution in [0.1, 0.15) is 30.7 Å². The lowest BCUT2D eigenvalue weighted by molar-refractivity contribution is -0.132. The molecular formula is C28H27FN6O. The molecule has 0 bridgehead atoms. The maximum absolute atomic E-state index is 13.3. The van der Waals surface area contributed by atoms with Gasteiger partial charge in [-0.2, -0.15) is 5.10 Å². The molecule has 0 radical (unpaired) electrons. The molecule has 1 fully saturated rings. The molecule has 36 heavy (non-hydrogen) atoms. The van der Waals surface area contributed by atoms with Crippen molar-refractivity contribution in [1.29, 1.82) is 0 Å². The van der Waals surface area contributed by atoms with Crippen LogP contribution in [-0.2, 0) is 17.6 Å². The molecule has 0 N–H and O–H groups in total. The molecule has 0 unspecified atom stereocenters. The van der Waals surface area contributed by atoms with E-state index in [0.717, 1.165) is 55.0 Å². The van der Waals surface area contributed by atoms with Gasteiger partial charge in [0.05, 0.1) is 5.69 Å². The molecule has 1 aliphatic heterocycles. The van der Waals surface area contributed by atoms with Crippen molar-refractivity contribution in [2.75, 3.05) is 13.1 Å². The zero-order valence-electron chi connectivity index (χ0n) is 19.9. The Balaban J connectivity index is 1.10. The zero-order valence-corrected chi connectivity index (χ0v) is 19.9. The predicted octanol–water partition coefficient (Wildman–Crippen LogP) is 4.60. The molecule has 0 spiro atoms. The highest BCUT2D eigenvalue weighted by atomic mass is 19.1. The summed E-state index contributed by atoms with van der Waals surface area (Å²) in [7, 11) is 0. The van der Waals surface area contributed by atoms with E-state index in [-0.39, 0.29) is 11.7 Å². The number of amides is 1. The highest BCUT2D eigenvalue weighted by molar-refractivity contribution is 5.77. The highest BCUT2D eigenvalue weighted by Gasteiger charge is 2.23. The number of piperidine rings is 1. The summed E-state index contributed by atoms with van der Waals surface area (Å²) >= 11 is 0. The van der Waals surface area contributed by atoms with Gasteiger partial charge in [-0.1, -0.05) is 30.3 Å². The molecule has 3 aromatic heterocycles. The van der Waals surface area contributed by atoms with E-state index in [1.54, 1.807) is 16.6 Å². The van der Waals surface area contributed by atoms with Crippen LogP contribution in [0.5, 0.6) is 0 Å². The monoisotopic (exact) mass is 482 g/mol. The summed E-state index contributed by atoms with van der Waals surface area (Å²) in [4.78, 5) is 14.9. The summed E-state index contributed by atoms with van der Waals surface area (Å²) in [6, 6.07) is 18.8. The van der Waals surface area contributed by atoms with Crippen LogP contribution in [-0.4, -0.2) is 48.1 Å². The quantitative estimate of drug-likeness (QED) is 0.355. The number of aromatic nitrogens is 5. The predicted molar refractivity (Wildman–Crippen MR) is 135 cm³/mol. The smallest absolute Gasteiger partial charge is 0.223 e. The second-order valence-electron chi connectivity index (χ2n) is 9.49. The van der Waals surface area contributed by atoms with Crippen LogP contribution in [0.4, 0.5) is 4.39 Å². The molecule has 4 heterocycles. The Hall–Kier alpha value is -4.07. The van der Waals surface area contributed by atoms with Crippen molar-refractivity contribution in [3.63, 3.8) is 0 Å². The number of carbonyl (C=O) groups is 1. The Kier molecular flexibility index (Phi) is 5.93. The first-order valence-corrected chi connectivity index (χ1v) is 12.4. The van der Waals surface area contributed by atoms with E-state index in [1.165, 1.54) is 17.7 Å². The maximum Gasteiger partial charge on any atom is 0.223 e. The van der Waals surface area contributed by atoms with E-state index >= 15 is 0 Å². The van der Waals surface area contributed by atoms with Crippen LogP contribution in [0.15, 0.2) is 73.1 Å². The van der Waals surface area contributed by atoms with E-state index in [9.17, 15) is 9.18 Å². The summed E-state index contributed by atoms with van der Waals surface area (Å²) in [6.45, 7) is 1.64. The lowest BCUT2D eigenvalue weighted by atomic mass is 9.90. The number of aryl methyl sites for hydroxylation is 1. The first-order chi connectivity index (χ1) is 17.6. The van der Waals surface area contributed by atoms with Gasteiger partial charge in [0.2, 0.25) is 5.91 Å². The van der Waals surface area contributed by atoms with Gasteiger partial charge < -0.3 is 4.90 Å². The third-order valence-electron chi connectivity index (χ3n) is 7.13. The Morgan fingerprint density at radius 2 is 1.75 bits per heavy atom. The number of benzene rings is 2. The molecule has 5 aromatic rings. The standard InChI is InChI=1S/C28H27FN6O/c29-23-8-6-22(7-9-23)24-19-25-28-31-30-26(34(28)16-17-35(25)32-24)10-11-27(36)33-14-12-21(13-15-33)18-20-4-2-1-3-5-20/h1-9,16-17,19,21H,10-15,18H2. The minimum atomic E-state index is -0.280. The van der Waals surface area contributed by atoms with Gasteiger partial charge in [-0.05, 0) is 61.1 Å². The van der Waals surface area contributed by atoms with Crippen LogP contribution < -0.4 is 0 Å². The lowest BCUT2D eigenvalue weighted by Gasteiger charge is -2.32. The van der Waals surface area contributed by atoms with Crippen LogP contribution in [0.3, 0.4) is 0 Å². The molecule has 1 aliphatic rings. The molecular weight excluding hydrogens is 455 g/mol. The van der Waals surface area contributed by atoms with Gasteiger partial charge in [0, 0.05) is 43.9 Å². The van der Waals surface area contributed by atoms with E-state index < -0.39 is 0 Å². The average molecular weight is 483 g/mol. The number of hydrogen-bond donors (Lipinski definition) is 0. The normalized spacial score (nSPS) is 14.6. The number of likely N-dealkylation sites (tertiary alicyclic amines) is 1. The minimum Gasteiger partial charge on any atom is -0.343 e. The van der Waals surface area contributed by atoms with Gasteiger partial charge in [0.25, 0.3) is 0 Å². The molecule has 8 heteroatoms. The van der Waals surface area contributed by atoms with Gasteiger partial charge in [-0.3, -0.25) is 9.20 Å². The summed E-state index contributed by atoms with van der Waals surface area (Å²) < 4.78 is 17.0. The zero-order chi connectivity index (χ0) is 24.5. The Labute approximate surface area is 208 Å². The minimum absolute atomic E-state index is 0.175. The van der Waals surface area contributed by atoms with Crippen molar-refractivity contribution in [1.82, 2.24) is 29.1 Å². The van der Waals surface area contributed by atoms with Crippen LogP contribution in [0, 0.1) is 11.7 Å². The lowest BCUT2D eigenvalue weighted by Crippen LogP contribution is -2.39. The third kappa shape index (κ3) is 4.46. The summed E-state index contributed by atoms with van der Waals surface area (Å²) in [6.07, 6.45) is 7.84. The Morgan fingerprint density at radius 1 is 0.972 bits per heavy atom. The van der Waals surface area contributed by atoms with Crippen LogP contribution in [0.2, 0.25) is 0 Å². The first-order valence-electron chi connectivity index (χ1n) is 12.4. The number of halogens is 1. The molecule has 1 saturated heterocycles. The number of nitrogens with zero attached hydrogens (tertiary/aromatic N) is 6. The van der Waals surface area contributed by atoms with Gasteiger partial charge in [-0.25, -0.2) is 8.91 Å². The van der Waals surface area contributed by atoms with Crippen LogP contribution in [0.25, 0.3) is 22.4 Å². The maximum atomic E-state index is 13.3. The van der Waals surface area contributed by atoms with Gasteiger partial charge >= 0.3 is 0 Å². The SMILES string of the molecule is O=C(CCc1nnc2c3cc(-c4ccc(F)cc4)nn3ccn12)N1CCC(Cc2ccccc2)CC1. The summed E-state index contributed by atoms with van der Waals surface area (Å²) in [5.41, 5.74) is 4.43. The summed E-state index contributed by atoms with van der Waals surface area (Å²) in [5.74, 6) is 1.28. The van der Waals surface area contributed by atoms with Crippen molar-refractivity contribution in [3.8, 4) is 11.3 Å². The molecule has 0 atom stereocenters. The molecule has 0 saturated carbocycles. The fraction of sp³-hybridized carbons (Fsp3) is 0.286. The third-order valence-corrected chi connectivity index (χ3v) is 7.13. The molecule has 2 aromatic carbocycles. The largest absolute Gasteiger partial charge is 0.343 e. The molecule has 0 aliphatic carbocycles. The van der Waals surface area contributed by atoms with Gasteiger partial charge in [-0.15, -0.1) is 10.2 Å². The fourth-order valence-electron chi connectivity index (χ4n) is 5.10.